The summed E-state index contributed by atoms with van der Waals surface area (Å²) in [5, 5.41) is 0. The highest BCUT2D eigenvalue weighted by Crippen LogP contribution is 2.29. The Kier molecular flexibility index (Phi) is 8.30. The summed E-state index contributed by atoms with van der Waals surface area (Å²) in [6, 6.07) is 7.35. The third-order valence-corrected chi connectivity index (χ3v) is 3.53. The quantitative estimate of drug-likeness (QED) is 0.695. The molecular weight excluding hydrogens is 304 g/mol. The molecule has 0 aliphatic carbocycles. The molecule has 2 amide bonds. The van der Waals surface area contributed by atoms with Crippen LogP contribution in [0.25, 0.3) is 0 Å². The van der Waals surface area contributed by atoms with Crippen LogP contribution in [-0.2, 0) is 9.59 Å². The molecule has 5 nitrogen and oxygen atoms in total. The van der Waals surface area contributed by atoms with Gasteiger partial charge in [-0.3, -0.25) is 14.5 Å². The van der Waals surface area contributed by atoms with Crippen LogP contribution in [0.3, 0.4) is 0 Å². The number of nitrogens with zero attached hydrogens (tertiary/aromatic N) is 2. The molecule has 1 rings (SSSR count). The molecule has 0 saturated carbocycles. The van der Waals surface area contributed by atoms with E-state index in [9.17, 15) is 9.59 Å². The van der Waals surface area contributed by atoms with Crippen LogP contribution in [0.15, 0.2) is 24.3 Å². The number of rotatable bonds is 9. The van der Waals surface area contributed by atoms with Crippen molar-refractivity contribution in [2.24, 2.45) is 0 Å². The molecule has 1 aromatic rings. The zero-order valence-corrected chi connectivity index (χ0v) is 15.5. The highest BCUT2D eigenvalue weighted by Gasteiger charge is 2.22. The molecule has 1 aromatic carbocycles. The van der Waals surface area contributed by atoms with Crippen molar-refractivity contribution < 1.29 is 14.3 Å². The number of para-hydroxylation sites is 2. The van der Waals surface area contributed by atoms with Crippen LogP contribution in [0.2, 0.25) is 0 Å². The van der Waals surface area contributed by atoms with E-state index in [1.165, 1.54) is 11.8 Å². The Morgan fingerprint density at radius 1 is 1.08 bits per heavy atom. The third-order valence-electron chi connectivity index (χ3n) is 3.53. The molecule has 134 valence electrons. The number of ether oxygens (including phenoxy) is 1. The number of amides is 2. The van der Waals surface area contributed by atoms with Gasteiger partial charge >= 0.3 is 0 Å². The zero-order valence-electron chi connectivity index (χ0n) is 15.5. The highest BCUT2D eigenvalue weighted by atomic mass is 16.5. The highest BCUT2D eigenvalue weighted by molar-refractivity contribution is 5.98. The summed E-state index contributed by atoms with van der Waals surface area (Å²) in [6.45, 7) is 10.9. The van der Waals surface area contributed by atoms with Crippen molar-refractivity contribution in [1.29, 1.82) is 0 Å². The molecule has 0 bridgehead atoms. The van der Waals surface area contributed by atoms with Gasteiger partial charge < -0.3 is 9.64 Å². The number of benzene rings is 1. The average molecular weight is 334 g/mol. The first kappa shape index (κ1) is 20.0. The molecule has 0 aliphatic heterocycles. The molecule has 0 unspecified atom stereocenters. The predicted molar refractivity (Wildman–Crippen MR) is 97.4 cm³/mol. The maximum absolute atomic E-state index is 12.6. The van der Waals surface area contributed by atoms with Crippen LogP contribution in [0.1, 0.15) is 47.5 Å². The fraction of sp³-hybridized carbons (Fsp3) is 0.579. The van der Waals surface area contributed by atoms with Gasteiger partial charge in [0.15, 0.2) is 0 Å². The first-order chi connectivity index (χ1) is 11.4. The lowest BCUT2D eigenvalue weighted by molar-refractivity contribution is -0.131. The Hall–Kier alpha value is -2.04. The van der Waals surface area contributed by atoms with E-state index in [4.69, 9.17) is 4.74 Å². The summed E-state index contributed by atoms with van der Waals surface area (Å²) < 4.78 is 5.79. The predicted octanol–water partition coefficient (Wildman–Crippen LogP) is 3.48. The summed E-state index contributed by atoms with van der Waals surface area (Å²) in [5.41, 5.74) is 0.639. The Morgan fingerprint density at radius 2 is 1.67 bits per heavy atom. The van der Waals surface area contributed by atoms with Crippen molar-refractivity contribution in [2.45, 2.75) is 53.6 Å². The second kappa shape index (κ2) is 9.96. The minimum Gasteiger partial charge on any atom is -0.489 e. The van der Waals surface area contributed by atoms with Gasteiger partial charge in [0.1, 0.15) is 12.3 Å². The second-order valence-corrected chi connectivity index (χ2v) is 6.12. The normalized spacial score (nSPS) is 10.6. The molecule has 0 spiro atoms. The van der Waals surface area contributed by atoms with Gasteiger partial charge in [-0.05, 0) is 38.8 Å². The van der Waals surface area contributed by atoms with E-state index in [1.807, 2.05) is 56.9 Å². The van der Waals surface area contributed by atoms with E-state index in [0.29, 0.717) is 24.5 Å². The molecule has 0 aromatic heterocycles. The third kappa shape index (κ3) is 5.87. The van der Waals surface area contributed by atoms with Gasteiger partial charge in [0.25, 0.3) is 0 Å². The van der Waals surface area contributed by atoms with Gasteiger partial charge in [0, 0.05) is 20.0 Å². The number of carbonyl (C=O) groups is 2. The number of carbonyl (C=O) groups excluding carboxylic acids is 2. The minimum atomic E-state index is -0.170. The summed E-state index contributed by atoms with van der Waals surface area (Å²) in [6.07, 6.45) is 1.80. The van der Waals surface area contributed by atoms with Crippen molar-refractivity contribution in [3.05, 3.63) is 24.3 Å². The molecule has 24 heavy (non-hydrogen) atoms. The Labute approximate surface area is 145 Å². The van der Waals surface area contributed by atoms with Crippen LogP contribution >= 0.6 is 0 Å². The van der Waals surface area contributed by atoms with Gasteiger partial charge in [0.2, 0.25) is 11.8 Å². The maximum atomic E-state index is 12.6. The monoisotopic (exact) mass is 334 g/mol. The molecule has 0 saturated heterocycles. The van der Waals surface area contributed by atoms with E-state index in [2.05, 4.69) is 0 Å². The van der Waals surface area contributed by atoms with E-state index in [1.54, 1.807) is 0 Å². The van der Waals surface area contributed by atoms with Crippen LogP contribution in [-0.4, -0.2) is 42.5 Å². The lowest BCUT2D eigenvalue weighted by Crippen LogP contribution is -2.43. The van der Waals surface area contributed by atoms with E-state index in [0.717, 1.165) is 12.8 Å². The SMILES string of the molecule is CCCN(CCC)C(=O)CN(C(C)=O)c1ccccc1OC(C)C. The van der Waals surface area contributed by atoms with Crippen molar-refractivity contribution in [3.8, 4) is 5.75 Å². The van der Waals surface area contributed by atoms with Gasteiger partial charge in [-0.2, -0.15) is 0 Å². The molecule has 0 N–H and O–H groups in total. The standard InChI is InChI=1S/C19H30N2O3/c1-6-12-20(13-7-2)19(23)14-21(16(5)22)17-10-8-9-11-18(17)24-15(3)4/h8-11,15H,6-7,12-14H2,1-5H3. The van der Waals surface area contributed by atoms with Gasteiger partial charge in [-0.15, -0.1) is 0 Å². The fourth-order valence-corrected chi connectivity index (χ4v) is 2.54. The van der Waals surface area contributed by atoms with E-state index in [-0.39, 0.29) is 24.5 Å². The Balaban J connectivity index is 3.03. The fourth-order valence-electron chi connectivity index (χ4n) is 2.54. The van der Waals surface area contributed by atoms with Crippen molar-refractivity contribution >= 4 is 17.5 Å². The van der Waals surface area contributed by atoms with Crippen LogP contribution in [0.4, 0.5) is 5.69 Å². The second-order valence-electron chi connectivity index (χ2n) is 6.12. The summed E-state index contributed by atoms with van der Waals surface area (Å²) in [4.78, 5) is 28.1. The minimum absolute atomic E-state index is 0.00709. The van der Waals surface area contributed by atoms with Crippen LogP contribution in [0.5, 0.6) is 5.75 Å². The van der Waals surface area contributed by atoms with Crippen LogP contribution in [0, 0.1) is 0 Å². The largest absolute Gasteiger partial charge is 0.489 e. The summed E-state index contributed by atoms with van der Waals surface area (Å²) >= 11 is 0. The lowest BCUT2D eigenvalue weighted by atomic mass is 10.2. The molecule has 0 atom stereocenters. The smallest absolute Gasteiger partial charge is 0.242 e. The van der Waals surface area contributed by atoms with Gasteiger partial charge in [0.05, 0.1) is 11.8 Å². The number of hydrogen-bond donors (Lipinski definition) is 0. The Morgan fingerprint density at radius 3 is 2.17 bits per heavy atom. The number of anilines is 1. The molecular formula is C19H30N2O3. The average Bonchev–Trinajstić information content (AvgIpc) is 2.52. The first-order valence-corrected chi connectivity index (χ1v) is 8.72. The summed E-state index contributed by atoms with van der Waals surface area (Å²) in [5.74, 6) is 0.414. The lowest BCUT2D eigenvalue weighted by Gasteiger charge is -2.28. The molecule has 0 aliphatic rings. The maximum Gasteiger partial charge on any atom is 0.242 e. The van der Waals surface area contributed by atoms with E-state index >= 15 is 0 Å². The zero-order chi connectivity index (χ0) is 18.1. The van der Waals surface area contributed by atoms with Gasteiger partial charge in [-0.1, -0.05) is 26.0 Å². The molecule has 0 fully saturated rings. The topological polar surface area (TPSA) is 49.9 Å². The van der Waals surface area contributed by atoms with Crippen LogP contribution < -0.4 is 9.64 Å². The van der Waals surface area contributed by atoms with Crippen molar-refractivity contribution in [2.75, 3.05) is 24.5 Å². The summed E-state index contributed by atoms with van der Waals surface area (Å²) in [7, 11) is 0. The van der Waals surface area contributed by atoms with Gasteiger partial charge in [-0.25, -0.2) is 0 Å². The molecule has 0 radical (unpaired) electrons. The van der Waals surface area contributed by atoms with Crippen molar-refractivity contribution in [1.82, 2.24) is 4.90 Å². The molecule has 0 heterocycles. The first-order valence-electron chi connectivity index (χ1n) is 8.72. The Bertz CT molecular complexity index is 537. The molecule has 5 heteroatoms. The number of hydrogen-bond acceptors (Lipinski definition) is 3. The van der Waals surface area contributed by atoms with Crippen molar-refractivity contribution in [3.63, 3.8) is 0 Å². The van der Waals surface area contributed by atoms with E-state index < -0.39 is 0 Å².